The zero-order valence-electron chi connectivity index (χ0n) is 16.5. The summed E-state index contributed by atoms with van der Waals surface area (Å²) in [4.78, 5) is 14.1. The summed E-state index contributed by atoms with van der Waals surface area (Å²) >= 11 is 0.726. The van der Waals surface area contributed by atoms with Gasteiger partial charge in [-0.05, 0) is 44.9 Å². The molecular weight excluding hydrogens is 322 g/mol. The second-order valence-electron chi connectivity index (χ2n) is 6.10. The molecule has 0 aliphatic carbocycles. The van der Waals surface area contributed by atoms with Crippen LogP contribution in [0.25, 0.3) is 0 Å². The second-order valence-corrected chi connectivity index (χ2v) is 6.75. The first-order valence-electron chi connectivity index (χ1n) is 8.58. The lowest BCUT2D eigenvalue weighted by molar-refractivity contribution is 0.0300. The number of likely N-dealkylation sites (N-methyl/N-ethyl adjacent to an activating group) is 1. The molecule has 0 spiro atoms. The number of carbonyl (C=O) groups excluding carboxylic acids is 1. The van der Waals surface area contributed by atoms with Crippen LogP contribution in [0.1, 0.15) is 60.5 Å². The molecule has 1 N–H and O–H groups in total. The van der Waals surface area contributed by atoms with Crippen molar-refractivity contribution in [2.75, 3.05) is 13.6 Å². The van der Waals surface area contributed by atoms with E-state index in [4.69, 9.17) is 9.29 Å². The highest BCUT2D eigenvalue weighted by molar-refractivity contribution is 7.93. The Hall–Kier alpha value is -1.20. The minimum Gasteiger partial charge on any atom is -0.444 e. The summed E-state index contributed by atoms with van der Waals surface area (Å²) in [6, 6.07) is 7.61. The van der Waals surface area contributed by atoms with Crippen molar-refractivity contribution in [3.63, 3.8) is 0 Å². The molecule has 0 atom stereocenters. The van der Waals surface area contributed by atoms with Gasteiger partial charge in [-0.3, -0.25) is 0 Å². The highest BCUT2D eigenvalue weighted by Gasteiger charge is 2.19. The van der Waals surface area contributed by atoms with Gasteiger partial charge in [0.2, 0.25) is 0 Å². The lowest BCUT2D eigenvalue weighted by atomic mass is 10.1. The van der Waals surface area contributed by atoms with Gasteiger partial charge in [-0.1, -0.05) is 46.2 Å². The van der Waals surface area contributed by atoms with Crippen LogP contribution in [0.3, 0.4) is 0 Å². The molecule has 5 heteroatoms. The van der Waals surface area contributed by atoms with Gasteiger partial charge in [0, 0.05) is 30.5 Å². The molecular formula is C19H35NO3S. The van der Waals surface area contributed by atoms with Crippen LogP contribution >= 0.6 is 12.0 Å². The van der Waals surface area contributed by atoms with Crippen LogP contribution in [0, 0.1) is 0 Å². The average molecular weight is 358 g/mol. The number of benzene rings is 1. The monoisotopic (exact) mass is 357 g/mol. The SMILES string of the molecule is CC.CCC.CN(CCc1cccc(SO)c1)C(=O)OC(C)(C)C. The van der Waals surface area contributed by atoms with E-state index in [0.29, 0.717) is 6.54 Å². The molecule has 0 heterocycles. The van der Waals surface area contributed by atoms with Crippen LogP contribution in [0.15, 0.2) is 29.2 Å². The molecule has 4 nitrogen and oxygen atoms in total. The molecule has 1 aromatic rings. The summed E-state index contributed by atoms with van der Waals surface area (Å²) in [6.45, 7) is 14.4. The van der Waals surface area contributed by atoms with E-state index in [9.17, 15) is 4.79 Å². The summed E-state index contributed by atoms with van der Waals surface area (Å²) < 4.78 is 14.3. The van der Waals surface area contributed by atoms with E-state index in [-0.39, 0.29) is 6.09 Å². The molecule has 1 amide bonds. The van der Waals surface area contributed by atoms with Gasteiger partial charge in [-0.15, -0.1) is 0 Å². The molecule has 1 rings (SSSR count). The zero-order chi connectivity index (χ0) is 19.2. The maximum atomic E-state index is 11.8. The van der Waals surface area contributed by atoms with E-state index in [1.165, 1.54) is 6.42 Å². The smallest absolute Gasteiger partial charge is 0.410 e. The molecule has 0 bridgehead atoms. The number of rotatable bonds is 4. The van der Waals surface area contributed by atoms with Crippen molar-refractivity contribution in [1.29, 1.82) is 0 Å². The van der Waals surface area contributed by atoms with E-state index in [1.807, 2.05) is 58.9 Å². The first kappa shape index (κ1) is 25.0. The van der Waals surface area contributed by atoms with Crippen molar-refractivity contribution in [2.45, 2.75) is 71.8 Å². The fourth-order valence-corrected chi connectivity index (χ4v) is 1.83. The van der Waals surface area contributed by atoms with Crippen LogP contribution in [0.2, 0.25) is 0 Å². The van der Waals surface area contributed by atoms with Crippen LogP contribution in [-0.4, -0.2) is 34.7 Å². The Morgan fingerprint density at radius 2 is 1.79 bits per heavy atom. The van der Waals surface area contributed by atoms with Crippen molar-refractivity contribution in [2.24, 2.45) is 0 Å². The number of nitrogens with zero attached hydrogens (tertiary/aromatic N) is 1. The van der Waals surface area contributed by atoms with Crippen LogP contribution in [0.4, 0.5) is 4.79 Å². The minimum absolute atomic E-state index is 0.319. The summed E-state index contributed by atoms with van der Waals surface area (Å²) in [5.41, 5.74) is 0.605. The highest BCUT2D eigenvalue weighted by Crippen LogP contribution is 2.16. The number of amides is 1. The lowest BCUT2D eigenvalue weighted by Crippen LogP contribution is -2.35. The molecule has 0 aromatic heterocycles. The fourth-order valence-electron chi connectivity index (χ4n) is 1.49. The van der Waals surface area contributed by atoms with Gasteiger partial charge in [-0.25, -0.2) is 4.79 Å². The largest absolute Gasteiger partial charge is 0.444 e. The Kier molecular flexibility index (Phi) is 14.8. The van der Waals surface area contributed by atoms with Crippen molar-refractivity contribution in [1.82, 2.24) is 4.90 Å². The summed E-state index contributed by atoms with van der Waals surface area (Å²) in [5.74, 6) is 0. The van der Waals surface area contributed by atoms with Gasteiger partial charge in [0.1, 0.15) is 5.60 Å². The first-order chi connectivity index (χ1) is 11.2. The van der Waals surface area contributed by atoms with Crippen LogP contribution < -0.4 is 0 Å². The third-order valence-electron chi connectivity index (χ3n) is 2.44. The summed E-state index contributed by atoms with van der Waals surface area (Å²) in [5, 5.41) is 0. The van der Waals surface area contributed by atoms with E-state index in [0.717, 1.165) is 28.9 Å². The van der Waals surface area contributed by atoms with Crippen molar-refractivity contribution in [3.05, 3.63) is 29.8 Å². The average Bonchev–Trinajstić information content (AvgIpc) is 2.54. The van der Waals surface area contributed by atoms with Gasteiger partial charge in [0.25, 0.3) is 0 Å². The predicted molar refractivity (Wildman–Crippen MR) is 105 cm³/mol. The van der Waals surface area contributed by atoms with Gasteiger partial charge < -0.3 is 14.2 Å². The third kappa shape index (κ3) is 13.3. The molecule has 140 valence electrons. The molecule has 0 saturated carbocycles. The Labute approximate surface area is 152 Å². The normalized spacial score (nSPS) is 9.88. The Balaban J connectivity index is 0. The number of carbonyl (C=O) groups is 1. The molecule has 0 saturated heterocycles. The number of hydrogen-bond donors (Lipinski definition) is 1. The van der Waals surface area contributed by atoms with Crippen molar-refractivity contribution < 1.29 is 14.1 Å². The topological polar surface area (TPSA) is 49.8 Å². The molecule has 0 aliphatic rings. The highest BCUT2D eigenvalue weighted by atomic mass is 32.2. The van der Waals surface area contributed by atoms with E-state index in [2.05, 4.69) is 13.8 Å². The standard InChI is InChI=1S/C14H21NO3S.C3H8.C2H6/c1-14(2,3)18-13(16)15(4)9-8-11-6-5-7-12(10-11)19-17;1-3-2;1-2/h5-7,10,17H,8-9H2,1-4H3;3H2,1-2H3;1-2H3. The first-order valence-corrected chi connectivity index (χ1v) is 9.35. The molecule has 0 aliphatic heterocycles. The van der Waals surface area contributed by atoms with E-state index in [1.54, 1.807) is 11.9 Å². The third-order valence-corrected chi connectivity index (χ3v) is 2.91. The number of ether oxygens (including phenoxy) is 1. The maximum absolute atomic E-state index is 11.8. The summed E-state index contributed by atoms with van der Waals surface area (Å²) in [7, 11) is 1.72. The van der Waals surface area contributed by atoms with Gasteiger partial charge in [0.15, 0.2) is 0 Å². The minimum atomic E-state index is -0.473. The Morgan fingerprint density at radius 1 is 1.25 bits per heavy atom. The van der Waals surface area contributed by atoms with Gasteiger partial charge >= 0.3 is 6.09 Å². The summed E-state index contributed by atoms with van der Waals surface area (Å²) in [6.07, 6.45) is 1.66. The molecule has 1 aromatic carbocycles. The van der Waals surface area contributed by atoms with E-state index >= 15 is 0 Å². The predicted octanol–water partition coefficient (Wildman–Crippen LogP) is 6.10. The second kappa shape index (κ2) is 14.2. The molecule has 0 unspecified atom stereocenters. The fraction of sp³-hybridized carbons (Fsp3) is 0.632. The molecule has 0 fully saturated rings. The van der Waals surface area contributed by atoms with Crippen molar-refractivity contribution in [3.8, 4) is 0 Å². The number of hydrogen-bond acceptors (Lipinski definition) is 4. The Morgan fingerprint density at radius 3 is 2.25 bits per heavy atom. The maximum Gasteiger partial charge on any atom is 0.410 e. The van der Waals surface area contributed by atoms with Gasteiger partial charge in [0.05, 0.1) is 0 Å². The van der Waals surface area contributed by atoms with Crippen molar-refractivity contribution >= 4 is 18.1 Å². The quantitative estimate of drug-likeness (QED) is 0.661. The van der Waals surface area contributed by atoms with E-state index < -0.39 is 5.60 Å². The lowest BCUT2D eigenvalue weighted by Gasteiger charge is -2.24. The van der Waals surface area contributed by atoms with Gasteiger partial charge in [-0.2, -0.15) is 0 Å². The molecule has 24 heavy (non-hydrogen) atoms. The van der Waals surface area contributed by atoms with Crippen LogP contribution in [-0.2, 0) is 11.2 Å². The Bertz CT molecular complexity index is 444. The molecule has 0 radical (unpaired) electrons. The van der Waals surface area contributed by atoms with Crippen LogP contribution in [0.5, 0.6) is 0 Å². The zero-order valence-corrected chi connectivity index (χ0v) is 17.4.